The summed E-state index contributed by atoms with van der Waals surface area (Å²) in [5, 5.41) is 11.0. The number of carboxylic acids is 1. The van der Waals surface area contributed by atoms with Gasteiger partial charge in [0, 0.05) is 0 Å². The molecule has 0 bridgehead atoms. The van der Waals surface area contributed by atoms with Crippen molar-refractivity contribution in [1.29, 1.82) is 0 Å². The number of aliphatic carboxylic acids is 1. The smallest absolute Gasteiger partial charge is 0.325 e. The van der Waals surface area contributed by atoms with Crippen molar-refractivity contribution in [2.45, 2.75) is 33.7 Å². The molecule has 0 aromatic carbocycles. The van der Waals surface area contributed by atoms with Gasteiger partial charge in [-0.05, 0) is 27.7 Å². The molecule has 0 saturated heterocycles. The predicted molar refractivity (Wildman–Crippen MR) is 60.8 cm³/mol. The van der Waals surface area contributed by atoms with Crippen molar-refractivity contribution in [2.24, 2.45) is 0 Å². The van der Waals surface area contributed by atoms with E-state index < -0.39 is 17.9 Å². The van der Waals surface area contributed by atoms with Gasteiger partial charge in [-0.2, -0.15) is 0 Å². The lowest BCUT2D eigenvalue weighted by molar-refractivity contribution is -0.138. The van der Waals surface area contributed by atoms with Crippen LogP contribution in [0.4, 0.5) is 0 Å². The van der Waals surface area contributed by atoms with Gasteiger partial charge in [0.1, 0.15) is 11.7 Å². The summed E-state index contributed by atoms with van der Waals surface area (Å²) in [6.45, 7) is 6.61. The average molecular weight is 237 g/mol. The summed E-state index contributed by atoms with van der Waals surface area (Å²) in [7, 11) is 0. The zero-order chi connectivity index (χ0) is 13.2. The zero-order valence-electron chi connectivity index (χ0n) is 10.2. The van der Waals surface area contributed by atoms with Crippen LogP contribution in [0.25, 0.3) is 0 Å². The van der Waals surface area contributed by atoms with Crippen LogP contribution in [0.2, 0.25) is 0 Å². The minimum absolute atomic E-state index is 0.168. The first-order valence-corrected chi connectivity index (χ1v) is 5.18. The van der Waals surface area contributed by atoms with Gasteiger partial charge < -0.3 is 10.4 Å². The van der Waals surface area contributed by atoms with Crippen LogP contribution in [0.1, 0.15) is 34.5 Å². The molecule has 0 aliphatic heterocycles. The van der Waals surface area contributed by atoms with Crippen molar-refractivity contribution in [3.8, 4) is 0 Å². The van der Waals surface area contributed by atoms with E-state index in [1.807, 2.05) is 0 Å². The minimum atomic E-state index is -1.09. The molecule has 2 N–H and O–H groups in total. The maximum atomic E-state index is 11.8. The Morgan fingerprint density at radius 3 is 2.18 bits per heavy atom. The van der Waals surface area contributed by atoms with Crippen LogP contribution in [-0.4, -0.2) is 33.0 Å². The molecule has 1 amide bonds. The summed E-state index contributed by atoms with van der Waals surface area (Å²) >= 11 is 0. The van der Waals surface area contributed by atoms with Crippen molar-refractivity contribution >= 4 is 11.9 Å². The van der Waals surface area contributed by atoms with Crippen molar-refractivity contribution < 1.29 is 14.7 Å². The van der Waals surface area contributed by atoms with Gasteiger partial charge in [-0.3, -0.25) is 14.6 Å². The Kier molecular flexibility index (Phi) is 3.77. The van der Waals surface area contributed by atoms with Gasteiger partial charge in [-0.25, -0.2) is 4.98 Å². The third-order valence-electron chi connectivity index (χ3n) is 2.41. The van der Waals surface area contributed by atoms with Gasteiger partial charge in [0.2, 0.25) is 0 Å². The van der Waals surface area contributed by atoms with Gasteiger partial charge in [-0.1, -0.05) is 0 Å². The fourth-order valence-corrected chi connectivity index (χ4v) is 1.26. The molecule has 0 fully saturated rings. The summed E-state index contributed by atoms with van der Waals surface area (Å²) in [5.41, 5.74) is 2.07. The Hall–Kier alpha value is -1.98. The van der Waals surface area contributed by atoms with E-state index in [0.717, 1.165) is 5.69 Å². The van der Waals surface area contributed by atoms with E-state index in [1.54, 1.807) is 20.8 Å². The predicted octanol–water partition coefficient (Wildman–Crippen LogP) is 0.605. The van der Waals surface area contributed by atoms with E-state index in [4.69, 9.17) is 5.11 Å². The second-order valence-electron chi connectivity index (χ2n) is 3.86. The molecule has 6 heteroatoms. The van der Waals surface area contributed by atoms with E-state index in [2.05, 4.69) is 15.3 Å². The first-order valence-electron chi connectivity index (χ1n) is 5.18. The molecule has 1 heterocycles. The molecule has 1 atom stereocenters. The highest BCUT2D eigenvalue weighted by atomic mass is 16.4. The first kappa shape index (κ1) is 13.1. The molecule has 0 unspecified atom stereocenters. The molecule has 17 heavy (non-hydrogen) atoms. The van der Waals surface area contributed by atoms with Gasteiger partial charge in [0.15, 0.2) is 0 Å². The first-order chi connectivity index (χ1) is 7.82. The molecule has 0 radical (unpaired) electrons. The highest BCUT2D eigenvalue weighted by Crippen LogP contribution is 2.07. The zero-order valence-corrected chi connectivity index (χ0v) is 10.2. The number of aryl methyl sites for hydroxylation is 3. The van der Waals surface area contributed by atoms with E-state index in [-0.39, 0.29) is 5.69 Å². The maximum Gasteiger partial charge on any atom is 0.325 e. The largest absolute Gasteiger partial charge is 0.480 e. The van der Waals surface area contributed by atoms with Crippen LogP contribution >= 0.6 is 0 Å². The number of hydrogen-bond acceptors (Lipinski definition) is 4. The topological polar surface area (TPSA) is 92.2 Å². The summed E-state index contributed by atoms with van der Waals surface area (Å²) < 4.78 is 0. The third kappa shape index (κ3) is 2.99. The number of nitrogens with one attached hydrogen (secondary N) is 1. The van der Waals surface area contributed by atoms with E-state index >= 15 is 0 Å². The van der Waals surface area contributed by atoms with Crippen LogP contribution in [0.3, 0.4) is 0 Å². The quantitative estimate of drug-likeness (QED) is 0.803. The fraction of sp³-hybridized carbons (Fsp3) is 0.455. The average Bonchev–Trinajstić information content (AvgIpc) is 2.22. The van der Waals surface area contributed by atoms with Gasteiger partial charge in [0.05, 0.1) is 17.1 Å². The summed E-state index contributed by atoms with van der Waals surface area (Å²) in [4.78, 5) is 30.7. The number of hydrogen-bond donors (Lipinski definition) is 2. The Labute approximate surface area is 99.1 Å². The van der Waals surface area contributed by atoms with Gasteiger partial charge in [0.25, 0.3) is 5.91 Å². The molecule has 92 valence electrons. The van der Waals surface area contributed by atoms with E-state index in [1.165, 1.54) is 6.92 Å². The Bertz CT molecular complexity index is 471. The highest BCUT2D eigenvalue weighted by molar-refractivity contribution is 5.95. The standard InChI is InChI=1S/C11H15N3O3/c1-5-6(2)13-9(7(3)12-5)10(15)14-8(4)11(16)17/h8H,1-4H3,(H,14,15)(H,16,17)/t8-/m1/s1. The van der Waals surface area contributed by atoms with Crippen molar-refractivity contribution in [2.75, 3.05) is 0 Å². The monoisotopic (exact) mass is 237 g/mol. The van der Waals surface area contributed by atoms with E-state index in [0.29, 0.717) is 11.4 Å². The molecule has 0 aliphatic rings. The fourth-order valence-electron chi connectivity index (χ4n) is 1.26. The number of carbonyl (C=O) groups is 2. The number of carboxylic acid groups (broad SMARTS) is 1. The van der Waals surface area contributed by atoms with Crippen LogP contribution < -0.4 is 5.32 Å². The van der Waals surface area contributed by atoms with Gasteiger partial charge in [-0.15, -0.1) is 0 Å². The molecular formula is C11H15N3O3. The number of carbonyl (C=O) groups excluding carboxylic acids is 1. The maximum absolute atomic E-state index is 11.8. The van der Waals surface area contributed by atoms with Crippen LogP contribution in [0.5, 0.6) is 0 Å². The normalized spacial score (nSPS) is 12.0. The molecule has 0 aliphatic carbocycles. The summed E-state index contributed by atoms with van der Waals surface area (Å²) in [5.74, 6) is -1.61. The lowest BCUT2D eigenvalue weighted by atomic mass is 10.2. The lowest BCUT2D eigenvalue weighted by Crippen LogP contribution is -2.39. The molecule has 6 nitrogen and oxygen atoms in total. The van der Waals surface area contributed by atoms with Crippen LogP contribution in [-0.2, 0) is 4.79 Å². The number of amides is 1. The molecule has 1 aromatic rings. The van der Waals surface area contributed by atoms with Crippen LogP contribution in [0, 0.1) is 20.8 Å². The highest BCUT2D eigenvalue weighted by Gasteiger charge is 2.19. The van der Waals surface area contributed by atoms with Crippen molar-refractivity contribution in [1.82, 2.24) is 15.3 Å². The summed E-state index contributed by atoms with van der Waals surface area (Å²) in [6.07, 6.45) is 0. The SMILES string of the molecule is Cc1nc(C)c(C(=O)N[C@H](C)C(=O)O)nc1C. The number of rotatable bonds is 3. The third-order valence-corrected chi connectivity index (χ3v) is 2.41. The Morgan fingerprint density at radius 1 is 1.12 bits per heavy atom. The van der Waals surface area contributed by atoms with Gasteiger partial charge >= 0.3 is 5.97 Å². The molecule has 0 spiro atoms. The molecule has 0 saturated carbocycles. The number of aromatic nitrogens is 2. The summed E-state index contributed by atoms with van der Waals surface area (Å²) in [6, 6.07) is -0.953. The van der Waals surface area contributed by atoms with Crippen molar-refractivity contribution in [3.05, 3.63) is 22.8 Å². The Balaban J connectivity index is 2.97. The molecular weight excluding hydrogens is 222 g/mol. The second-order valence-corrected chi connectivity index (χ2v) is 3.86. The Morgan fingerprint density at radius 2 is 1.65 bits per heavy atom. The van der Waals surface area contributed by atoms with Crippen LogP contribution in [0.15, 0.2) is 0 Å². The van der Waals surface area contributed by atoms with Crippen molar-refractivity contribution in [3.63, 3.8) is 0 Å². The lowest BCUT2D eigenvalue weighted by Gasteiger charge is -2.11. The second kappa shape index (κ2) is 4.90. The minimum Gasteiger partial charge on any atom is -0.480 e. The molecule has 1 aromatic heterocycles. The van der Waals surface area contributed by atoms with E-state index in [9.17, 15) is 9.59 Å². The number of nitrogens with zero attached hydrogens (tertiary/aromatic N) is 2. The molecule has 1 rings (SSSR count).